The number of nitrogens with zero attached hydrogens (tertiary/aromatic N) is 3. The summed E-state index contributed by atoms with van der Waals surface area (Å²) < 4.78 is 3.74. The maximum atomic E-state index is 10.0. The lowest BCUT2D eigenvalue weighted by Crippen LogP contribution is -1.99. The number of carboxylic acid groups (broad SMARTS) is 1. The minimum atomic E-state index is -1.17. The van der Waals surface area contributed by atoms with Gasteiger partial charge in [0.2, 0.25) is 5.95 Å². The van der Waals surface area contributed by atoms with Crippen LogP contribution in [0.25, 0.3) is 0 Å². The van der Waals surface area contributed by atoms with E-state index in [-0.39, 0.29) is 5.95 Å². The normalized spacial score (nSPS) is 12.9. The Morgan fingerprint density at radius 3 is 3.07 bits per heavy atom. The number of hydrogen-bond donors (Lipinski definition) is 2. The zero-order valence-electron chi connectivity index (χ0n) is 7.25. The first-order chi connectivity index (χ1) is 6.59. The third kappa shape index (κ3) is 2.98. The number of nitrogen functional groups attached to an aromatic ring is 1. The van der Waals surface area contributed by atoms with E-state index in [0.29, 0.717) is 11.2 Å². The average molecular weight is 216 g/mol. The first-order valence-corrected chi connectivity index (χ1v) is 4.38. The summed E-state index contributed by atoms with van der Waals surface area (Å²) in [5, 5.41) is 12.0. The van der Waals surface area contributed by atoms with E-state index in [0.717, 1.165) is 11.5 Å². The maximum Gasteiger partial charge on any atom is 0.350 e. The Hall–Kier alpha value is -1.70. The second-order valence-electron chi connectivity index (χ2n) is 2.31. The fourth-order valence-corrected chi connectivity index (χ4v) is 1.18. The van der Waals surface area contributed by atoms with E-state index < -0.39 is 12.1 Å². The van der Waals surface area contributed by atoms with Crippen LogP contribution >= 0.6 is 11.5 Å². The van der Waals surface area contributed by atoms with Crippen LogP contribution in [0.2, 0.25) is 0 Å². The van der Waals surface area contributed by atoms with Gasteiger partial charge in [-0.3, -0.25) is 0 Å². The highest BCUT2D eigenvalue weighted by Crippen LogP contribution is 2.19. The largest absolute Gasteiger partial charge is 0.477 e. The molecule has 1 aromatic rings. The molecule has 0 aliphatic carbocycles. The zero-order valence-corrected chi connectivity index (χ0v) is 8.06. The van der Waals surface area contributed by atoms with Crippen LogP contribution in [0, 0.1) is 0 Å². The maximum absolute atomic E-state index is 10.0. The number of aliphatic carboxylic acids is 1. The number of anilines is 1. The number of oxime groups is 1. The molecule has 0 radical (unpaired) electrons. The van der Waals surface area contributed by atoms with Gasteiger partial charge in [0.1, 0.15) is 0 Å². The minimum Gasteiger partial charge on any atom is -0.477 e. The van der Waals surface area contributed by atoms with E-state index >= 15 is 0 Å². The van der Waals surface area contributed by atoms with Gasteiger partial charge in [-0.1, -0.05) is 5.16 Å². The van der Waals surface area contributed by atoms with Crippen LogP contribution in [-0.4, -0.2) is 26.6 Å². The molecular weight excluding hydrogens is 208 g/mol. The van der Waals surface area contributed by atoms with Crippen LogP contribution < -0.4 is 5.73 Å². The van der Waals surface area contributed by atoms with Crippen molar-refractivity contribution >= 4 is 29.7 Å². The van der Waals surface area contributed by atoms with Crippen molar-refractivity contribution in [1.29, 1.82) is 0 Å². The standard InChI is InChI=1S/C6H8N4O3S/c1-3(13-8-2-4(11)12)5-9-6(7)10-14-5/h2-3H,1H3,(H2,7,10)(H,11,12). The van der Waals surface area contributed by atoms with Gasteiger partial charge < -0.3 is 15.7 Å². The summed E-state index contributed by atoms with van der Waals surface area (Å²) in [5.74, 6) is -1.00. The average Bonchev–Trinajstić information content (AvgIpc) is 2.51. The lowest BCUT2D eigenvalue weighted by atomic mass is 10.4. The summed E-state index contributed by atoms with van der Waals surface area (Å²) in [6, 6.07) is 0. The number of rotatable bonds is 4. The lowest BCUT2D eigenvalue weighted by Gasteiger charge is -2.03. The highest BCUT2D eigenvalue weighted by Gasteiger charge is 2.11. The quantitative estimate of drug-likeness (QED) is 0.552. The van der Waals surface area contributed by atoms with Crippen molar-refractivity contribution < 1.29 is 14.7 Å². The van der Waals surface area contributed by atoms with Crippen LogP contribution in [0.5, 0.6) is 0 Å². The molecule has 0 saturated carbocycles. The molecule has 76 valence electrons. The summed E-state index contributed by atoms with van der Waals surface area (Å²) in [6.45, 7) is 1.67. The lowest BCUT2D eigenvalue weighted by molar-refractivity contribution is -0.129. The van der Waals surface area contributed by atoms with E-state index in [4.69, 9.17) is 15.7 Å². The number of hydrogen-bond acceptors (Lipinski definition) is 7. The van der Waals surface area contributed by atoms with Gasteiger partial charge in [-0.2, -0.15) is 4.37 Å². The molecule has 0 saturated heterocycles. The summed E-state index contributed by atoms with van der Waals surface area (Å²) >= 11 is 1.08. The predicted molar refractivity (Wildman–Crippen MR) is 49.9 cm³/mol. The van der Waals surface area contributed by atoms with Crippen molar-refractivity contribution in [1.82, 2.24) is 9.36 Å². The second-order valence-corrected chi connectivity index (χ2v) is 3.09. The van der Waals surface area contributed by atoms with Crippen LogP contribution in [0.1, 0.15) is 18.0 Å². The Kier molecular flexibility index (Phi) is 3.35. The second kappa shape index (κ2) is 4.51. The van der Waals surface area contributed by atoms with E-state index in [1.807, 2.05) is 0 Å². The molecule has 1 atom stereocenters. The molecule has 8 heteroatoms. The van der Waals surface area contributed by atoms with Crippen LogP contribution in [-0.2, 0) is 9.63 Å². The molecule has 0 bridgehead atoms. The molecule has 0 fully saturated rings. The summed E-state index contributed by atoms with van der Waals surface area (Å²) in [5.41, 5.74) is 5.29. The fourth-order valence-electron chi connectivity index (χ4n) is 0.624. The Labute approximate surface area is 83.4 Å². The molecular formula is C6H8N4O3S. The zero-order chi connectivity index (χ0) is 10.6. The van der Waals surface area contributed by atoms with Gasteiger partial charge in [0.05, 0.1) is 0 Å². The van der Waals surface area contributed by atoms with Crippen molar-refractivity contribution in [3.8, 4) is 0 Å². The van der Waals surface area contributed by atoms with Crippen molar-refractivity contribution in [3.05, 3.63) is 5.01 Å². The molecule has 0 aliphatic rings. The molecule has 1 rings (SSSR count). The molecule has 3 N–H and O–H groups in total. The van der Waals surface area contributed by atoms with Gasteiger partial charge in [0.25, 0.3) is 0 Å². The Balaban J connectivity index is 2.50. The van der Waals surface area contributed by atoms with E-state index in [1.54, 1.807) is 6.92 Å². The molecule has 1 aromatic heterocycles. The molecule has 14 heavy (non-hydrogen) atoms. The first-order valence-electron chi connectivity index (χ1n) is 3.61. The van der Waals surface area contributed by atoms with Gasteiger partial charge in [-0.05, 0) is 18.5 Å². The number of nitrogens with two attached hydrogens (primary N) is 1. The van der Waals surface area contributed by atoms with Crippen LogP contribution in [0.15, 0.2) is 5.16 Å². The van der Waals surface area contributed by atoms with E-state index in [2.05, 4.69) is 14.5 Å². The van der Waals surface area contributed by atoms with E-state index in [9.17, 15) is 4.79 Å². The molecule has 1 unspecified atom stereocenters. The Bertz CT molecular complexity index is 351. The SMILES string of the molecule is CC(ON=CC(=O)O)c1nc(N)ns1. The Morgan fingerprint density at radius 1 is 1.86 bits per heavy atom. The third-order valence-electron chi connectivity index (χ3n) is 1.19. The fraction of sp³-hybridized carbons (Fsp3) is 0.333. The van der Waals surface area contributed by atoms with Crippen LogP contribution in [0.3, 0.4) is 0 Å². The predicted octanol–water partition coefficient (Wildman–Crippen LogP) is 0.268. The van der Waals surface area contributed by atoms with E-state index in [1.165, 1.54) is 0 Å². The molecule has 1 heterocycles. The third-order valence-corrected chi connectivity index (χ3v) is 2.08. The minimum absolute atomic E-state index is 0.169. The highest BCUT2D eigenvalue weighted by molar-refractivity contribution is 7.05. The molecule has 0 aromatic carbocycles. The van der Waals surface area contributed by atoms with Gasteiger partial charge in [0, 0.05) is 0 Å². The molecule has 0 aliphatic heterocycles. The summed E-state index contributed by atoms with van der Waals surface area (Å²) in [6.07, 6.45) is 0.196. The molecule has 0 spiro atoms. The molecule has 0 amide bonds. The van der Waals surface area contributed by atoms with Crippen molar-refractivity contribution in [2.24, 2.45) is 5.16 Å². The summed E-state index contributed by atoms with van der Waals surface area (Å²) in [4.78, 5) is 18.7. The first kappa shape index (κ1) is 10.4. The summed E-state index contributed by atoms with van der Waals surface area (Å²) in [7, 11) is 0. The van der Waals surface area contributed by atoms with Gasteiger partial charge in [-0.25, -0.2) is 9.78 Å². The van der Waals surface area contributed by atoms with Crippen molar-refractivity contribution in [2.75, 3.05) is 5.73 Å². The number of carbonyl (C=O) groups is 1. The number of aromatic nitrogens is 2. The van der Waals surface area contributed by atoms with Gasteiger partial charge in [-0.15, -0.1) is 0 Å². The smallest absolute Gasteiger partial charge is 0.350 e. The van der Waals surface area contributed by atoms with Crippen molar-refractivity contribution in [2.45, 2.75) is 13.0 Å². The topological polar surface area (TPSA) is 111 Å². The monoisotopic (exact) mass is 216 g/mol. The van der Waals surface area contributed by atoms with Crippen LogP contribution in [0.4, 0.5) is 5.95 Å². The number of carboxylic acids is 1. The van der Waals surface area contributed by atoms with Gasteiger partial charge in [0.15, 0.2) is 17.3 Å². The Morgan fingerprint density at radius 2 is 2.57 bits per heavy atom. The molecule has 7 nitrogen and oxygen atoms in total. The van der Waals surface area contributed by atoms with Crippen molar-refractivity contribution in [3.63, 3.8) is 0 Å². The van der Waals surface area contributed by atoms with Gasteiger partial charge >= 0.3 is 5.97 Å². The highest BCUT2D eigenvalue weighted by atomic mass is 32.1.